The molecule has 0 radical (unpaired) electrons. The summed E-state index contributed by atoms with van der Waals surface area (Å²) in [7, 11) is -1.87. The molecule has 1 aromatic heterocycles. The fourth-order valence-electron chi connectivity index (χ4n) is 3.30. The summed E-state index contributed by atoms with van der Waals surface area (Å²) in [6, 6.07) is 10.2. The van der Waals surface area contributed by atoms with Crippen LogP contribution in [-0.4, -0.2) is 44.9 Å². The fourth-order valence-corrected chi connectivity index (χ4v) is 6.14. The molecule has 0 saturated carbocycles. The van der Waals surface area contributed by atoms with Gasteiger partial charge in [-0.2, -0.15) is 4.31 Å². The van der Waals surface area contributed by atoms with Crippen LogP contribution in [0.3, 0.4) is 0 Å². The van der Waals surface area contributed by atoms with E-state index in [4.69, 9.17) is 4.74 Å². The van der Waals surface area contributed by atoms with Crippen LogP contribution in [0, 0.1) is 0 Å². The van der Waals surface area contributed by atoms with Gasteiger partial charge in [-0.25, -0.2) is 8.42 Å². The summed E-state index contributed by atoms with van der Waals surface area (Å²) in [5.74, 6) is 0.532. The summed E-state index contributed by atoms with van der Waals surface area (Å²) in [6.45, 7) is 0.976. The van der Waals surface area contributed by atoms with Crippen molar-refractivity contribution in [2.24, 2.45) is 0 Å². The van der Waals surface area contributed by atoms with Gasteiger partial charge in [0.15, 0.2) is 0 Å². The lowest BCUT2D eigenvalue weighted by molar-refractivity contribution is 0.0949. The summed E-state index contributed by atoms with van der Waals surface area (Å²) < 4.78 is 32.8. The van der Waals surface area contributed by atoms with Crippen LogP contribution in [0.1, 0.15) is 36.0 Å². The number of benzene rings is 1. The molecule has 1 aliphatic heterocycles. The van der Waals surface area contributed by atoms with E-state index in [1.807, 2.05) is 0 Å². The third-order valence-electron chi connectivity index (χ3n) is 4.75. The van der Waals surface area contributed by atoms with E-state index in [1.54, 1.807) is 53.2 Å². The van der Waals surface area contributed by atoms with E-state index in [1.165, 1.54) is 11.3 Å². The van der Waals surface area contributed by atoms with Crippen LogP contribution in [0.4, 0.5) is 0 Å². The number of rotatable bonds is 7. The minimum atomic E-state index is -3.45. The smallest absolute Gasteiger partial charge is 0.252 e. The second-order valence-electron chi connectivity index (χ2n) is 6.47. The second kappa shape index (κ2) is 8.86. The maximum atomic E-state index is 12.9. The molecule has 3 rings (SSSR count). The fraction of sp³-hybridized carbons (Fsp3) is 0.421. The molecule has 2 aromatic rings. The molecule has 1 unspecified atom stereocenters. The van der Waals surface area contributed by atoms with Crippen LogP contribution in [0.2, 0.25) is 0 Å². The Morgan fingerprint density at radius 2 is 2.04 bits per heavy atom. The Balaban J connectivity index is 1.59. The molecule has 0 spiro atoms. The van der Waals surface area contributed by atoms with Gasteiger partial charge in [0.1, 0.15) is 9.96 Å². The monoisotopic (exact) mass is 408 g/mol. The molecule has 2 heterocycles. The molecule has 146 valence electrons. The molecule has 1 aliphatic rings. The average Bonchev–Trinajstić information content (AvgIpc) is 3.24. The molecule has 8 heteroatoms. The van der Waals surface area contributed by atoms with Crippen molar-refractivity contribution in [1.29, 1.82) is 0 Å². The number of hydrogen-bond donors (Lipinski definition) is 1. The third kappa shape index (κ3) is 4.69. The third-order valence-corrected chi connectivity index (χ3v) is 8.07. The van der Waals surface area contributed by atoms with Crippen molar-refractivity contribution in [2.75, 3.05) is 20.2 Å². The molecule has 1 aromatic carbocycles. The maximum absolute atomic E-state index is 12.9. The largest absolute Gasteiger partial charge is 0.497 e. The average molecular weight is 409 g/mol. The van der Waals surface area contributed by atoms with Crippen molar-refractivity contribution < 1.29 is 17.9 Å². The highest BCUT2D eigenvalue weighted by molar-refractivity contribution is 7.91. The zero-order chi connectivity index (χ0) is 19.3. The molecule has 1 atom stereocenters. The quantitative estimate of drug-likeness (QED) is 0.764. The predicted octanol–water partition coefficient (Wildman–Crippen LogP) is 3.12. The van der Waals surface area contributed by atoms with Crippen molar-refractivity contribution in [2.45, 2.75) is 35.9 Å². The minimum absolute atomic E-state index is 0.0815. The van der Waals surface area contributed by atoms with Gasteiger partial charge in [-0.15, -0.1) is 11.3 Å². The first-order valence-corrected chi connectivity index (χ1v) is 11.3. The molecule has 27 heavy (non-hydrogen) atoms. The number of piperidine rings is 1. The molecule has 1 amide bonds. The zero-order valence-corrected chi connectivity index (χ0v) is 16.9. The summed E-state index contributed by atoms with van der Waals surface area (Å²) in [5.41, 5.74) is 0.558. The Morgan fingerprint density at radius 3 is 2.70 bits per heavy atom. The van der Waals surface area contributed by atoms with Crippen molar-refractivity contribution in [3.8, 4) is 5.75 Å². The summed E-state index contributed by atoms with van der Waals surface area (Å²) >= 11 is 1.24. The van der Waals surface area contributed by atoms with Crippen LogP contribution in [-0.2, 0) is 10.0 Å². The van der Waals surface area contributed by atoms with E-state index in [2.05, 4.69) is 5.32 Å². The van der Waals surface area contributed by atoms with E-state index in [0.29, 0.717) is 35.0 Å². The van der Waals surface area contributed by atoms with Crippen molar-refractivity contribution >= 4 is 27.3 Å². The standard InChI is InChI=1S/C19H24N2O4S2/c1-25-17-9-7-15(8-10-17)19(22)20-12-11-16-5-2-3-13-21(16)27(23,24)18-6-4-14-26-18/h4,6-10,14,16H,2-3,5,11-13H2,1H3,(H,20,22). The van der Waals surface area contributed by atoms with Gasteiger partial charge >= 0.3 is 0 Å². The number of sulfonamides is 1. The number of nitrogens with zero attached hydrogens (tertiary/aromatic N) is 1. The Hall–Kier alpha value is -1.90. The van der Waals surface area contributed by atoms with Crippen molar-refractivity contribution in [3.05, 3.63) is 47.3 Å². The molecular formula is C19H24N2O4S2. The van der Waals surface area contributed by atoms with E-state index < -0.39 is 10.0 Å². The van der Waals surface area contributed by atoms with Gasteiger partial charge in [0, 0.05) is 24.7 Å². The number of nitrogens with one attached hydrogen (secondary N) is 1. The molecule has 1 saturated heterocycles. The summed E-state index contributed by atoms with van der Waals surface area (Å²) in [6.07, 6.45) is 3.31. The van der Waals surface area contributed by atoms with Crippen molar-refractivity contribution in [3.63, 3.8) is 0 Å². The van der Waals surface area contributed by atoms with E-state index >= 15 is 0 Å². The van der Waals surface area contributed by atoms with Crippen LogP contribution >= 0.6 is 11.3 Å². The van der Waals surface area contributed by atoms with Crippen LogP contribution in [0.15, 0.2) is 46.0 Å². The van der Waals surface area contributed by atoms with Gasteiger partial charge in [-0.3, -0.25) is 4.79 Å². The molecule has 1 fully saturated rings. The van der Waals surface area contributed by atoms with E-state index in [-0.39, 0.29) is 11.9 Å². The number of hydrogen-bond acceptors (Lipinski definition) is 5. The molecule has 1 N–H and O–H groups in total. The predicted molar refractivity (Wildman–Crippen MR) is 106 cm³/mol. The lowest BCUT2D eigenvalue weighted by Crippen LogP contribution is -2.44. The molecule has 0 aliphatic carbocycles. The van der Waals surface area contributed by atoms with Gasteiger partial charge < -0.3 is 10.1 Å². The maximum Gasteiger partial charge on any atom is 0.252 e. The van der Waals surface area contributed by atoms with Gasteiger partial charge in [-0.05, 0) is 55.0 Å². The highest BCUT2D eigenvalue weighted by Crippen LogP contribution is 2.29. The molecule has 6 nitrogen and oxygen atoms in total. The number of thiophene rings is 1. The topological polar surface area (TPSA) is 75.7 Å². The SMILES string of the molecule is COc1ccc(C(=O)NCCC2CCCCN2S(=O)(=O)c2cccs2)cc1. The van der Waals surface area contributed by atoms with Crippen LogP contribution in [0.5, 0.6) is 5.75 Å². The number of ether oxygens (including phenoxy) is 1. The van der Waals surface area contributed by atoms with Gasteiger partial charge in [0.2, 0.25) is 0 Å². The first-order valence-electron chi connectivity index (χ1n) is 9.00. The lowest BCUT2D eigenvalue weighted by atomic mass is 10.0. The first-order chi connectivity index (χ1) is 13.0. The van der Waals surface area contributed by atoms with Crippen molar-refractivity contribution in [1.82, 2.24) is 9.62 Å². The minimum Gasteiger partial charge on any atom is -0.497 e. The first kappa shape index (κ1) is 19.9. The highest BCUT2D eigenvalue weighted by Gasteiger charge is 2.33. The van der Waals surface area contributed by atoms with Crippen LogP contribution < -0.4 is 10.1 Å². The highest BCUT2D eigenvalue weighted by atomic mass is 32.2. The number of carbonyl (C=O) groups excluding carboxylic acids is 1. The number of carbonyl (C=O) groups is 1. The molecule has 0 bridgehead atoms. The van der Waals surface area contributed by atoms with E-state index in [9.17, 15) is 13.2 Å². The zero-order valence-electron chi connectivity index (χ0n) is 15.3. The molecular weight excluding hydrogens is 384 g/mol. The second-order valence-corrected chi connectivity index (χ2v) is 9.54. The Labute approximate surface area is 164 Å². The van der Waals surface area contributed by atoms with E-state index in [0.717, 1.165) is 19.3 Å². The Kier molecular flexibility index (Phi) is 6.51. The van der Waals surface area contributed by atoms with Gasteiger partial charge in [0.25, 0.3) is 15.9 Å². The Morgan fingerprint density at radius 1 is 1.26 bits per heavy atom. The van der Waals surface area contributed by atoms with Crippen LogP contribution in [0.25, 0.3) is 0 Å². The Bertz CT molecular complexity index is 848. The van der Waals surface area contributed by atoms with Gasteiger partial charge in [0.05, 0.1) is 7.11 Å². The number of amides is 1. The van der Waals surface area contributed by atoms with Gasteiger partial charge in [-0.1, -0.05) is 12.5 Å². The number of methoxy groups -OCH3 is 1. The lowest BCUT2D eigenvalue weighted by Gasteiger charge is -2.34. The normalized spacial score (nSPS) is 18.2. The summed E-state index contributed by atoms with van der Waals surface area (Å²) in [4.78, 5) is 12.3. The summed E-state index contributed by atoms with van der Waals surface area (Å²) in [5, 5.41) is 4.67.